The summed E-state index contributed by atoms with van der Waals surface area (Å²) in [5.74, 6) is 0.342. The molecule has 2 nitrogen and oxygen atoms in total. The van der Waals surface area contributed by atoms with E-state index in [0.717, 1.165) is 19.3 Å². The molecule has 0 heterocycles. The minimum absolute atomic E-state index is 0.202. The minimum Gasteiger partial charge on any atom is -0.460 e. The second-order valence-corrected chi connectivity index (χ2v) is 4.46. The van der Waals surface area contributed by atoms with Gasteiger partial charge in [0.05, 0.1) is 0 Å². The lowest BCUT2D eigenvalue weighted by atomic mass is 9.97. The molecule has 0 spiro atoms. The molecule has 0 fully saturated rings. The van der Waals surface area contributed by atoms with Gasteiger partial charge >= 0.3 is 5.97 Å². The maximum atomic E-state index is 10.8. The Hall–Kier alpha value is -0.790. The molecule has 0 rings (SSSR count). The van der Waals surface area contributed by atoms with Crippen LogP contribution in [0.4, 0.5) is 0 Å². The van der Waals surface area contributed by atoms with Crippen molar-refractivity contribution in [1.82, 2.24) is 0 Å². The third-order valence-electron chi connectivity index (χ3n) is 2.26. The third kappa shape index (κ3) is 6.70. The monoisotopic (exact) mass is 198 g/mol. The summed E-state index contributed by atoms with van der Waals surface area (Å²) < 4.78 is 5.19. The predicted molar refractivity (Wildman–Crippen MR) is 59.1 cm³/mol. The van der Waals surface area contributed by atoms with Crippen molar-refractivity contribution in [2.75, 3.05) is 0 Å². The summed E-state index contributed by atoms with van der Waals surface area (Å²) in [5, 5.41) is 0. The van der Waals surface area contributed by atoms with Gasteiger partial charge < -0.3 is 4.74 Å². The number of carbonyl (C=O) groups excluding carboxylic acids is 1. The lowest BCUT2D eigenvalue weighted by molar-refractivity contribution is -0.154. The van der Waals surface area contributed by atoms with Crippen LogP contribution in [-0.4, -0.2) is 11.6 Å². The molecule has 1 unspecified atom stereocenters. The maximum absolute atomic E-state index is 10.8. The number of rotatable bonds is 6. The van der Waals surface area contributed by atoms with Gasteiger partial charge in [0.25, 0.3) is 0 Å². The molecule has 0 aliphatic rings. The summed E-state index contributed by atoms with van der Waals surface area (Å²) in [4.78, 5) is 10.8. The molecule has 2 heteroatoms. The molecule has 0 N–H and O–H groups in total. The zero-order valence-electron chi connectivity index (χ0n) is 9.80. The Bertz CT molecular complexity index is 194. The summed E-state index contributed by atoms with van der Waals surface area (Å²) >= 11 is 0. The van der Waals surface area contributed by atoms with Crippen LogP contribution >= 0.6 is 0 Å². The van der Waals surface area contributed by atoms with Gasteiger partial charge in [-0.2, -0.15) is 0 Å². The Morgan fingerprint density at radius 1 is 1.57 bits per heavy atom. The molecule has 0 aromatic heterocycles. The van der Waals surface area contributed by atoms with E-state index in [-0.39, 0.29) is 11.6 Å². The highest BCUT2D eigenvalue weighted by Gasteiger charge is 2.20. The average molecular weight is 198 g/mol. The smallest absolute Gasteiger partial charge is 0.303 e. The first-order valence-electron chi connectivity index (χ1n) is 5.19. The molecule has 1 atom stereocenters. The Balaban J connectivity index is 3.75. The zero-order valence-corrected chi connectivity index (χ0v) is 9.80. The first-order chi connectivity index (χ1) is 6.37. The molecule has 0 saturated carbocycles. The summed E-state index contributed by atoms with van der Waals surface area (Å²) in [5.41, 5.74) is -0.327. The molecular weight excluding hydrogens is 176 g/mol. The van der Waals surface area contributed by atoms with Gasteiger partial charge in [-0.1, -0.05) is 13.0 Å². The van der Waals surface area contributed by atoms with Crippen molar-refractivity contribution in [3.8, 4) is 0 Å². The van der Waals surface area contributed by atoms with Crippen LogP contribution < -0.4 is 0 Å². The fraction of sp³-hybridized carbons (Fsp3) is 0.750. The largest absolute Gasteiger partial charge is 0.460 e. The fourth-order valence-electron chi connectivity index (χ4n) is 1.41. The molecule has 0 amide bonds. The third-order valence-corrected chi connectivity index (χ3v) is 2.26. The molecule has 0 aromatic carbocycles. The van der Waals surface area contributed by atoms with E-state index in [9.17, 15) is 4.79 Å². The van der Waals surface area contributed by atoms with Gasteiger partial charge in [-0.25, -0.2) is 0 Å². The Kier molecular flexibility index (Phi) is 5.51. The highest BCUT2D eigenvalue weighted by molar-refractivity contribution is 5.66. The molecule has 0 aromatic rings. The van der Waals surface area contributed by atoms with E-state index in [1.54, 1.807) is 0 Å². The van der Waals surface area contributed by atoms with E-state index < -0.39 is 0 Å². The Morgan fingerprint density at radius 3 is 2.57 bits per heavy atom. The molecule has 0 radical (unpaired) electrons. The van der Waals surface area contributed by atoms with Crippen LogP contribution in [0.1, 0.15) is 47.0 Å². The van der Waals surface area contributed by atoms with Crippen molar-refractivity contribution < 1.29 is 9.53 Å². The van der Waals surface area contributed by atoms with Gasteiger partial charge in [0.2, 0.25) is 0 Å². The molecule has 14 heavy (non-hydrogen) atoms. The van der Waals surface area contributed by atoms with Crippen LogP contribution in [0.3, 0.4) is 0 Å². The van der Waals surface area contributed by atoms with Crippen LogP contribution in [0, 0.1) is 5.92 Å². The number of allylic oxidation sites excluding steroid dienone is 1. The molecule has 0 saturated heterocycles. The molecule has 0 aliphatic heterocycles. The van der Waals surface area contributed by atoms with E-state index in [2.05, 4.69) is 13.5 Å². The number of hydrogen-bond acceptors (Lipinski definition) is 2. The van der Waals surface area contributed by atoms with E-state index in [0.29, 0.717) is 5.92 Å². The van der Waals surface area contributed by atoms with Crippen molar-refractivity contribution in [2.45, 2.75) is 52.6 Å². The van der Waals surface area contributed by atoms with Crippen molar-refractivity contribution in [3.05, 3.63) is 12.7 Å². The highest BCUT2D eigenvalue weighted by atomic mass is 16.6. The maximum Gasteiger partial charge on any atom is 0.303 e. The summed E-state index contributed by atoms with van der Waals surface area (Å²) in [7, 11) is 0. The van der Waals surface area contributed by atoms with Gasteiger partial charge in [-0.05, 0) is 39.0 Å². The predicted octanol–water partition coefficient (Wildman–Crippen LogP) is 3.32. The Morgan fingerprint density at radius 2 is 2.14 bits per heavy atom. The topological polar surface area (TPSA) is 26.3 Å². The molecule has 82 valence electrons. The van der Waals surface area contributed by atoms with Gasteiger partial charge in [-0.3, -0.25) is 4.79 Å². The quantitative estimate of drug-likeness (QED) is 0.483. The lowest BCUT2D eigenvalue weighted by Crippen LogP contribution is -2.26. The first kappa shape index (κ1) is 13.2. The van der Waals surface area contributed by atoms with Crippen molar-refractivity contribution in [3.63, 3.8) is 0 Å². The second-order valence-electron chi connectivity index (χ2n) is 4.46. The van der Waals surface area contributed by atoms with Gasteiger partial charge in [0.15, 0.2) is 0 Å². The van der Waals surface area contributed by atoms with E-state index >= 15 is 0 Å². The van der Waals surface area contributed by atoms with Gasteiger partial charge in [-0.15, -0.1) is 6.58 Å². The van der Waals surface area contributed by atoms with Crippen LogP contribution in [0.2, 0.25) is 0 Å². The fourth-order valence-corrected chi connectivity index (χ4v) is 1.41. The second kappa shape index (κ2) is 5.84. The Labute approximate surface area is 87.3 Å². The van der Waals surface area contributed by atoms with Gasteiger partial charge in [0, 0.05) is 6.92 Å². The van der Waals surface area contributed by atoms with E-state index in [1.165, 1.54) is 6.92 Å². The zero-order chi connectivity index (χ0) is 11.2. The van der Waals surface area contributed by atoms with Gasteiger partial charge in [0.1, 0.15) is 5.60 Å². The minimum atomic E-state index is -0.327. The SMILES string of the molecule is C=CC(C)CCCC(C)(C)OC(C)=O. The average Bonchev–Trinajstić information content (AvgIpc) is 2.01. The van der Waals surface area contributed by atoms with Crippen LogP contribution in [0.5, 0.6) is 0 Å². The number of ether oxygens (including phenoxy) is 1. The first-order valence-corrected chi connectivity index (χ1v) is 5.19. The van der Waals surface area contributed by atoms with Crippen molar-refractivity contribution in [1.29, 1.82) is 0 Å². The number of esters is 1. The van der Waals surface area contributed by atoms with Crippen molar-refractivity contribution in [2.24, 2.45) is 5.92 Å². The lowest BCUT2D eigenvalue weighted by Gasteiger charge is -2.24. The standard InChI is InChI=1S/C12H22O2/c1-6-10(2)8-7-9-12(4,5)14-11(3)13/h6,10H,1,7-9H2,2-5H3. The summed E-state index contributed by atoms with van der Waals surface area (Å²) in [6, 6.07) is 0. The van der Waals surface area contributed by atoms with Crippen LogP contribution in [0.15, 0.2) is 12.7 Å². The van der Waals surface area contributed by atoms with Crippen molar-refractivity contribution >= 4 is 5.97 Å². The normalized spacial score (nSPS) is 13.4. The molecule has 0 bridgehead atoms. The molecular formula is C12H22O2. The van der Waals surface area contributed by atoms with Crippen LogP contribution in [0.25, 0.3) is 0 Å². The van der Waals surface area contributed by atoms with E-state index in [4.69, 9.17) is 4.74 Å². The van der Waals surface area contributed by atoms with E-state index in [1.807, 2.05) is 19.9 Å². The summed E-state index contributed by atoms with van der Waals surface area (Å²) in [6.45, 7) is 11.2. The highest BCUT2D eigenvalue weighted by Crippen LogP contribution is 2.20. The summed E-state index contributed by atoms with van der Waals surface area (Å²) in [6.07, 6.45) is 5.03. The molecule has 0 aliphatic carbocycles. The number of carbonyl (C=O) groups is 1. The number of hydrogen-bond donors (Lipinski definition) is 0. The van der Waals surface area contributed by atoms with Crippen LogP contribution in [-0.2, 0) is 9.53 Å².